The van der Waals surface area contributed by atoms with E-state index in [2.05, 4.69) is 4.99 Å². The van der Waals surface area contributed by atoms with Crippen LogP contribution in [0.25, 0.3) is 12.2 Å². The average molecular weight is 329 g/mol. The highest BCUT2D eigenvalue weighted by atomic mass is 16.6. The van der Waals surface area contributed by atoms with Gasteiger partial charge in [-0.3, -0.25) is 0 Å². The van der Waals surface area contributed by atoms with Crippen LogP contribution in [0.5, 0.6) is 0 Å². The van der Waals surface area contributed by atoms with Gasteiger partial charge in [0.25, 0.3) is 0 Å². The molecule has 25 heavy (non-hydrogen) atoms. The van der Waals surface area contributed by atoms with E-state index in [0.29, 0.717) is 11.6 Å². The molecule has 3 nitrogen and oxygen atoms in total. The normalized spacial score (nSPS) is 16.4. The summed E-state index contributed by atoms with van der Waals surface area (Å²) in [6, 6.07) is 18.0. The van der Waals surface area contributed by atoms with Crippen LogP contribution in [0.2, 0.25) is 0 Å². The zero-order valence-corrected chi connectivity index (χ0v) is 14.3. The lowest BCUT2D eigenvalue weighted by Gasteiger charge is -1.95. The molecule has 2 aromatic rings. The van der Waals surface area contributed by atoms with Gasteiger partial charge >= 0.3 is 5.97 Å². The minimum absolute atomic E-state index is 0.310. The van der Waals surface area contributed by atoms with E-state index >= 15 is 0 Å². The molecular weight excluding hydrogens is 310 g/mol. The number of allylic oxidation sites excluding steroid dienone is 2. The summed E-state index contributed by atoms with van der Waals surface area (Å²) < 4.78 is 5.20. The van der Waals surface area contributed by atoms with Crippen LogP contribution >= 0.6 is 0 Å². The Kier molecular flexibility index (Phi) is 5.05. The van der Waals surface area contributed by atoms with Gasteiger partial charge in [0.05, 0.1) is 0 Å². The molecule has 0 aromatic heterocycles. The molecule has 1 aliphatic heterocycles. The van der Waals surface area contributed by atoms with Crippen molar-refractivity contribution in [1.82, 2.24) is 0 Å². The number of aryl methyl sites for hydroxylation is 1. The predicted molar refractivity (Wildman–Crippen MR) is 102 cm³/mol. The van der Waals surface area contributed by atoms with Crippen LogP contribution in [0.15, 0.2) is 83.0 Å². The van der Waals surface area contributed by atoms with E-state index in [9.17, 15) is 4.79 Å². The lowest BCUT2D eigenvalue weighted by molar-refractivity contribution is -0.129. The van der Waals surface area contributed by atoms with E-state index in [0.717, 1.165) is 16.7 Å². The van der Waals surface area contributed by atoms with Crippen LogP contribution in [0.3, 0.4) is 0 Å². The first-order chi connectivity index (χ1) is 12.1. The number of benzene rings is 2. The summed E-state index contributed by atoms with van der Waals surface area (Å²) >= 11 is 0. The number of carbonyl (C=O) groups is 1. The van der Waals surface area contributed by atoms with Crippen molar-refractivity contribution in [3.05, 3.63) is 94.7 Å². The summed E-state index contributed by atoms with van der Waals surface area (Å²) in [5.74, 6) is -0.117. The molecule has 0 atom stereocenters. The Morgan fingerprint density at radius 3 is 2.40 bits per heavy atom. The second-order valence-electron chi connectivity index (χ2n) is 5.91. The van der Waals surface area contributed by atoms with Gasteiger partial charge < -0.3 is 4.74 Å². The highest BCUT2D eigenvalue weighted by Gasteiger charge is 2.20. The minimum atomic E-state index is -0.427. The fourth-order valence-corrected chi connectivity index (χ4v) is 2.41. The van der Waals surface area contributed by atoms with Crippen LogP contribution in [-0.4, -0.2) is 11.9 Å². The molecule has 0 saturated carbocycles. The summed E-state index contributed by atoms with van der Waals surface area (Å²) in [5, 5.41) is 0. The van der Waals surface area contributed by atoms with Gasteiger partial charge in [0.1, 0.15) is 0 Å². The molecule has 0 bridgehead atoms. The topological polar surface area (TPSA) is 38.7 Å². The molecular formula is C22H19NO2. The fraction of sp³-hybridized carbons (Fsp3) is 0.0909. The number of esters is 1. The van der Waals surface area contributed by atoms with Crippen molar-refractivity contribution in [2.24, 2.45) is 4.99 Å². The molecule has 0 radical (unpaired) electrons. The molecule has 0 unspecified atom stereocenters. The number of aliphatic imine (C=N–C) groups is 1. The van der Waals surface area contributed by atoms with Gasteiger partial charge in [-0.05, 0) is 42.7 Å². The standard InChI is InChI=1S/C22H19NO2/c1-16-8-10-18(11-9-16)12-13-21-23-20(22(24)25-21)15-17(2)14-19-6-4-3-5-7-19/h3-15H,1-2H3/b13-12+,17-14?,20-15?. The first-order valence-electron chi connectivity index (χ1n) is 8.11. The summed E-state index contributed by atoms with van der Waals surface area (Å²) in [5.41, 5.74) is 4.56. The quantitative estimate of drug-likeness (QED) is 0.588. The van der Waals surface area contributed by atoms with Crippen molar-refractivity contribution in [3.63, 3.8) is 0 Å². The van der Waals surface area contributed by atoms with Gasteiger partial charge in [0.2, 0.25) is 5.90 Å². The Hall–Kier alpha value is -3.20. The van der Waals surface area contributed by atoms with E-state index in [-0.39, 0.29) is 0 Å². The van der Waals surface area contributed by atoms with E-state index in [1.54, 1.807) is 12.2 Å². The van der Waals surface area contributed by atoms with Gasteiger partial charge in [0.15, 0.2) is 5.70 Å². The third kappa shape index (κ3) is 4.64. The molecule has 0 aliphatic carbocycles. The molecule has 1 aliphatic rings. The third-order valence-electron chi connectivity index (χ3n) is 3.69. The maximum atomic E-state index is 12.0. The number of hydrogen-bond donors (Lipinski definition) is 0. The number of rotatable bonds is 4. The Morgan fingerprint density at radius 1 is 0.960 bits per heavy atom. The maximum absolute atomic E-state index is 12.0. The lowest BCUT2D eigenvalue weighted by Crippen LogP contribution is -2.01. The zero-order valence-electron chi connectivity index (χ0n) is 14.3. The van der Waals surface area contributed by atoms with Gasteiger partial charge in [-0.15, -0.1) is 0 Å². The zero-order chi connectivity index (χ0) is 17.6. The summed E-state index contributed by atoms with van der Waals surface area (Å²) in [4.78, 5) is 16.2. The SMILES string of the molecule is CC(=Cc1ccccc1)C=C1N=C(/C=C/c2ccc(C)cc2)OC1=O. The fourth-order valence-electron chi connectivity index (χ4n) is 2.41. The molecule has 0 saturated heterocycles. The Balaban J connectivity index is 1.75. The molecule has 2 aromatic carbocycles. The van der Waals surface area contributed by atoms with Crippen molar-refractivity contribution in [2.75, 3.05) is 0 Å². The van der Waals surface area contributed by atoms with E-state index in [1.807, 2.05) is 80.6 Å². The molecule has 0 fully saturated rings. The van der Waals surface area contributed by atoms with Crippen molar-refractivity contribution in [2.45, 2.75) is 13.8 Å². The van der Waals surface area contributed by atoms with Gasteiger partial charge in [0, 0.05) is 6.08 Å². The smallest absolute Gasteiger partial charge is 0.363 e. The highest BCUT2D eigenvalue weighted by Crippen LogP contribution is 2.16. The monoisotopic (exact) mass is 329 g/mol. The molecule has 0 spiro atoms. The molecule has 124 valence electrons. The average Bonchev–Trinajstić information content (AvgIpc) is 2.95. The Labute approximate surface area is 147 Å². The molecule has 3 heteroatoms. The number of nitrogens with zero attached hydrogens (tertiary/aromatic N) is 1. The van der Waals surface area contributed by atoms with Gasteiger partial charge in [-0.2, -0.15) is 0 Å². The van der Waals surface area contributed by atoms with Crippen LogP contribution in [0.4, 0.5) is 0 Å². The predicted octanol–water partition coefficient (Wildman–Crippen LogP) is 4.95. The van der Waals surface area contributed by atoms with Crippen molar-refractivity contribution >= 4 is 24.0 Å². The second kappa shape index (κ2) is 7.58. The van der Waals surface area contributed by atoms with E-state index < -0.39 is 5.97 Å². The van der Waals surface area contributed by atoms with Crippen LogP contribution < -0.4 is 0 Å². The van der Waals surface area contributed by atoms with Gasteiger partial charge in [-0.1, -0.05) is 66.2 Å². The molecule has 3 rings (SSSR count). The van der Waals surface area contributed by atoms with Gasteiger partial charge in [-0.25, -0.2) is 9.79 Å². The highest BCUT2D eigenvalue weighted by molar-refractivity contribution is 6.10. The third-order valence-corrected chi connectivity index (χ3v) is 3.69. The Morgan fingerprint density at radius 2 is 1.68 bits per heavy atom. The largest absolute Gasteiger partial charge is 0.403 e. The van der Waals surface area contributed by atoms with Crippen LogP contribution in [0, 0.1) is 6.92 Å². The number of hydrogen-bond acceptors (Lipinski definition) is 3. The molecule has 1 heterocycles. The van der Waals surface area contributed by atoms with Crippen LogP contribution in [-0.2, 0) is 9.53 Å². The number of cyclic esters (lactones) is 1. The van der Waals surface area contributed by atoms with Crippen molar-refractivity contribution in [1.29, 1.82) is 0 Å². The first kappa shape index (κ1) is 16.7. The second-order valence-corrected chi connectivity index (χ2v) is 5.91. The summed E-state index contributed by atoms with van der Waals surface area (Å²) in [7, 11) is 0. The molecule has 0 N–H and O–H groups in total. The van der Waals surface area contributed by atoms with Crippen molar-refractivity contribution < 1.29 is 9.53 Å². The summed E-state index contributed by atoms with van der Waals surface area (Å²) in [6.45, 7) is 3.97. The minimum Gasteiger partial charge on any atom is -0.403 e. The number of ether oxygens (including phenoxy) is 1. The van der Waals surface area contributed by atoms with E-state index in [1.165, 1.54) is 5.56 Å². The first-order valence-corrected chi connectivity index (χ1v) is 8.11. The van der Waals surface area contributed by atoms with Crippen LogP contribution in [0.1, 0.15) is 23.6 Å². The lowest BCUT2D eigenvalue weighted by atomic mass is 10.1. The molecule has 0 amide bonds. The Bertz CT molecular complexity index is 885. The summed E-state index contributed by atoms with van der Waals surface area (Å²) in [6.07, 6.45) is 7.32. The maximum Gasteiger partial charge on any atom is 0.363 e. The van der Waals surface area contributed by atoms with E-state index in [4.69, 9.17) is 4.74 Å². The number of carbonyl (C=O) groups excluding carboxylic acids is 1. The van der Waals surface area contributed by atoms with Crippen molar-refractivity contribution in [3.8, 4) is 0 Å².